The summed E-state index contributed by atoms with van der Waals surface area (Å²) in [7, 11) is 0. The summed E-state index contributed by atoms with van der Waals surface area (Å²) >= 11 is 1.66. The minimum atomic E-state index is 0.631. The molecule has 3 aromatic rings. The van der Waals surface area contributed by atoms with Gasteiger partial charge in [0.15, 0.2) is 0 Å². The number of nitrogens with one attached hydrogen (secondary N) is 1. The fraction of sp³-hybridized carbons (Fsp3) is 0.286. The van der Waals surface area contributed by atoms with Gasteiger partial charge in [0.1, 0.15) is 5.01 Å². The van der Waals surface area contributed by atoms with Gasteiger partial charge < -0.3 is 5.32 Å². The lowest BCUT2D eigenvalue weighted by atomic mass is 10.3. The molecule has 0 fully saturated rings. The van der Waals surface area contributed by atoms with Crippen LogP contribution < -0.4 is 5.32 Å². The van der Waals surface area contributed by atoms with Crippen molar-refractivity contribution in [3.05, 3.63) is 40.9 Å². The predicted octanol–water partition coefficient (Wildman–Crippen LogP) is 2.96. The molecule has 20 heavy (non-hydrogen) atoms. The lowest BCUT2D eigenvalue weighted by molar-refractivity contribution is 0.953. The molecule has 3 heterocycles. The van der Waals surface area contributed by atoms with Gasteiger partial charge in [-0.3, -0.25) is 4.98 Å². The van der Waals surface area contributed by atoms with Crippen LogP contribution in [0.15, 0.2) is 24.5 Å². The molecule has 0 aliphatic carbocycles. The molecule has 3 rings (SSSR count). The zero-order valence-electron chi connectivity index (χ0n) is 11.4. The Bertz CT molecular complexity index is 704. The second-order valence-corrected chi connectivity index (χ2v) is 5.60. The first kappa shape index (κ1) is 12.9. The van der Waals surface area contributed by atoms with Crippen LogP contribution in [0, 0.1) is 6.92 Å². The first-order valence-corrected chi connectivity index (χ1v) is 7.34. The van der Waals surface area contributed by atoms with Gasteiger partial charge in [0.05, 0.1) is 23.0 Å². The third-order valence-corrected chi connectivity index (χ3v) is 3.94. The van der Waals surface area contributed by atoms with Crippen molar-refractivity contribution in [3.63, 3.8) is 0 Å². The number of nitrogens with zero attached hydrogens (tertiary/aromatic N) is 4. The van der Waals surface area contributed by atoms with Gasteiger partial charge in [-0.25, -0.2) is 15.0 Å². The molecule has 0 aromatic carbocycles. The number of aryl methyl sites for hydroxylation is 2. The molecule has 0 unspecified atom stereocenters. The minimum absolute atomic E-state index is 0.631. The number of hydrogen-bond acceptors (Lipinski definition) is 6. The number of fused-ring (bicyclic) bond motifs is 1. The maximum Gasteiger partial charge on any atom is 0.223 e. The largest absolute Gasteiger partial charge is 0.348 e. The molecular formula is C14H15N5S. The monoisotopic (exact) mass is 285 g/mol. The standard InChI is InChI=1S/C14H15N5S/c1-3-10-6-9(2)17-14(18-10)16-8-13-19-11-7-15-5-4-12(11)20-13/h4-7H,3,8H2,1-2H3,(H,16,17,18). The molecular weight excluding hydrogens is 270 g/mol. The van der Waals surface area contributed by atoms with Gasteiger partial charge in [-0.2, -0.15) is 0 Å². The van der Waals surface area contributed by atoms with E-state index in [9.17, 15) is 0 Å². The quantitative estimate of drug-likeness (QED) is 0.798. The Morgan fingerprint density at radius 3 is 2.95 bits per heavy atom. The zero-order chi connectivity index (χ0) is 13.9. The number of aromatic nitrogens is 4. The first-order chi connectivity index (χ1) is 9.74. The molecule has 1 N–H and O–H groups in total. The van der Waals surface area contributed by atoms with E-state index in [1.54, 1.807) is 23.7 Å². The van der Waals surface area contributed by atoms with Crippen molar-refractivity contribution >= 4 is 27.5 Å². The second kappa shape index (κ2) is 5.50. The average Bonchev–Trinajstić information content (AvgIpc) is 2.87. The number of anilines is 1. The van der Waals surface area contributed by atoms with Gasteiger partial charge >= 0.3 is 0 Å². The normalized spacial score (nSPS) is 10.9. The summed E-state index contributed by atoms with van der Waals surface area (Å²) in [6.07, 6.45) is 4.48. The summed E-state index contributed by atoms with van der Waals surface area (Å²) in [6.45, 7) is 4.70. The molecule has 0 aliphatic rings. The van der Waals surface area contributed by atoms with Crippen LogP contribution in [0.4, 0.5) is 5.95 Å². The zero-order valence-corrected chi connectivity index (χ0v) is 12.2. The van der Waals surface area contributed by atoms with Crippen LogP contribution in [0.5, 0.6) is 0 Å². The van der Waals surface area contributed by atoms with Crippen LogP contribution in [0.2, 0.25) is 0 Å². The van der Waals surface area contributed by atoms with Crippen molar-refractivity contribution in [2.45, 2.75) is 26.8 Å². The maximum absolute atomic E-state index is 4.53. The molecule has 0 saturated carbocycles. The van der Waals surface area contributed by atoms with E-state index in [1.165, 1.54) is 0 Å². The molecule has 5 nitrogen and oxygen atoms in total. The molecule has 102 valence electrons. The van der Waals surface area contributed by atoms with Crippen molar-refractivity contribution in [2.75, 3.05) is 5.32 Å². The smallest absolute Gasteiger partial charge is 0.223 e. The SMILES string of the molecule is CCc1cc(C)nc(NCc2nc3cnccc3s2)n1. The summed E-state index contributed by atoms with van der Waals surface area (Å²) in [5.41, 5.74) is 2.97. The van der Waals surface area contributed by atoms with Gasteiger partial charge in [-0.05, 0) is 25.5 Å². The Labute approximate surface area is 121 Å². The van der Waals surface area contributed by atoms with E-state index < -0.39 is 0 Å². The third-order valence-electron chi connectivity index (χ3n) is 2.90. The molecule has 3 aromatic heterocycles. The van der Waals surface area contributed by atoms with Gasteiger partial charge in [0.2, 0.25) is 5.95 Å². The van der Waals surface area contributed by atoms with E-state index in [0.717, 1.165) is 33.0 Å². The average molecular weight is 285 g/mol. The highest BCUT2D eigenvalue weighted by molar-refractivity contribution is 7.18. The highest BCUT2D eigenvalue weighted by Gasteiger charge is 2.05. The Hall–Kier alpha value is -2.08. The summed E-state index contributed by atoms with van der Waals surface area (Å²) in [4.78, 5) is 17.5. The Morgan fingerprint density at radius 2 is 2.15 bits per heavy atom. The summed E-state index contributed by atoms with van der Waals surface area (Å²) in [6, 6.07) is 3.99. The molecule has 0 spiro atoms. The number of pyridine rings is 1. The second-order valence-electron chi connectivity index (χ2n) is 4.48. The predicted molar refractivity (Wildman–Crippen MR) is 80.9 cm³/mol. The van der Waals surface area contributed by atoms with Crippen molar-refractivity contribution in [1.29, 1.82) is 0 Å². The maximum atomic E-state index is 4.53. The van der Waals surface area contributed by atoms with Crippen LogP contribution in [-0.2, 0) is 13.0 Å². The fourth-order valence-corrected chi connectivity index (χ4v) is 2.83. The van der Waals surface area contributed by atoms with Gasteiger partial charge in [-0.1, -0.05) is 6.92 Å². The Morgan fingerprint density at radius 1 is 1.25 bits per heavy atom. The molecule has 0 atom stereocenters. The van der Waals surface area contributed by atoms with Gasteiger partial charge in [-0.15, -0.1) is 11.3 Å². The van der Waals surface area contributed by atoms with Crippen molar-refractivity contribution < 1.29 is 0 Å². The van der Waals surface area contributed by atoms with Crippen LogP contribution in [-0.4, -0.2) is 19.9 Å². The summed E-state index contributed by atoms with van der Waals surface area (Å²) in [5.74, 6) is 0.666. The molecule has 0 radical (unpaired) electrons. The molecule has 0 aliphatic heterocycles. The third kappa shape index (κ3) is 2.75. The van der Waals surface area contributed by atoms with Crippen molar-refractivity contribution in [3.8, 4) is 0 Å². The highest BCUT2D eigenvalue weighted by Crippen LogP contribution is 2.21. The molecule has 0 saturated heterocycles. The molecule has 6 heteroatoms. The van der Waals surface area contributed by atoms with E-state index in [2.05, 4.69) is 32.2 Å². The molecule has 0 amide bonds. The van der Waals surface area contributed by atoms with E-state index in [4.69, 9.17) is 0 Å². The van der Waals surface area contributed by atoms with E-state index in [1.807, 2.05) is 19.1 Å². The summed E-state index contributed by atoms with van der Waals surface area (Å²) < 4.78 is 1.15. The topological polar surface area (TPSA) is 63.6 Å². The Kier molecular flexibility index (Phi) is 3.56. The summed E-state index contributed by atoms with van der Waals surface area (Å²) in [5, 5.41) is 4.25. The first-order valence-electron chi connectivity index (χ1n) is 6.52. The van der Waals surface area contributed by atoms with Crippen LogP contribution >= 0.6 is 11.3 Å². The van der Waals surface area contributed by atoms with Gasteiger partial charge in [0.25, 0.3) is 0 Å². The van der Waals surface area contributed by atoms with E-state index in [-0.39, 0.29) is 0 Å². The van der Waals surface area contributed by atoms with Crippen molar-refractivity contribution in [1.82, 2.24) is 19.9 Å². The lowest BCUT2D eigenvalue weighted by Gasteiger charge is -2.05. The number of thiazole rings is 1. The van der Waals surface area contributed by atoms with Crippen LogP contribution in [0.1, 0.15) is 23.3 Å². The lowest BCUT2D eigenvalue weighted by Crippen LogP contribution is -2.05. The van der Waals surface area contributed by atoms with Crippen molar-refractivity contribution in [2.24, 2.45) is 0 Å². The van der Waals surface area contributed by atoms with Crippen LogP contribution in [0.3, 0.4) is 0 Å². The molecule has 0 bridgehead atoms. The van der Waals surface area contributed by atoms with E-state index >= 15 is 0 Å². The minimum Gasteiger partial charge on any atom is -0.348 e. The van der Waals surface area contributed by atoms with Gasteiger partial charge in [0, 0.05) is 17.6 Å². The van der Waals surface area contributed by atoms with Crippen LogP contribution in [0.25, 0.3) is 10.2 Å². The fourth-order valence-electron chi connectivity index (χ4n) is 1.95. The van der Waals surface area contributed by atoms with E-state index in [0.29, 0.717) is 12.5 Å². The number of hydrogen-bond donors (Lipinski definition) is 1. The number of rotatable bonds is 4. The highest BCUT2D eigenvalue weighted by atomic mass is 32.1. The Balaban J connectivity index is 1.77.